The van der Waals surface area contributed by atoms with Crippen LogP contribution in [0.25, 0.3) is 0 Å². The molecule has 0 radical (unpaired) electrons. The van der Waals surface area contributed by atoms with Crippen molar-refractivity contribution in [3.05, 3.63) is 5.51 Å². The summed E-state index contributed by atoms with van der Waals surface area (Å²) in [5.41, 5.74) is 7.27. The lowest BCUT2D eigenvalue weighted by Gasteiger charge is -2.22. The van der Waals surface area contributed by atoms with Gasteiger partial charge in [0.2, 0.25) is 5.13 Å². The SMILES string of the molecule is CC(C)CN(CCCN)c1nncs1. The molecule has 0 bridgehead atoms. The van der Waals surface area contributed by atoms with Gasteiger partial charge in [0.15, 0.2) is 0 Å². The zero-order chi connectivity index (χ0) is 10.4. The van der Waals surface area contributed by atoms with Crippen molar-refractivity contribution >= 4 is 16.5 Å². The molecule has 1 rings (SSSR count). The maximum Gasteiger partial charge on any atom is 0.208 e. The quantitative estimate of drug-likeness (QED) is 0.776. The second-order valence-corrected chi connectivity index (χ2v) is 4.52. The van der Waals surface area contributed by atoms with Crippen LogP contribution in [0.2, 0.25) is 0 Å². The molecule has 1 heterocycles. The fourth-order valence-corrected chi connectivity index (χ4v) is 1.89. The van der Waals surface area contributed by atoms with E-state index in [1.165, 1.54) is 0 Å². The molecular formula is C9H18N4S. The Morgan fingerprint density at radius 3 is 2.86 bits per heavy atom. The lowest BCUT2D eigenvalue weighted by Crippen LogP contribution is -2.29. The molecule has 4 nitrogen and oxygen atoms in total. The molecule has 0 fully saturated rings. The highest BCUT2D eigenvalue weighted by atomic mass is 32.1. The van der Waals surface area contributed by atoms with Crippen LogP contribution >= 0.6 is 11.3 Å². The first-order chi connectivity index (χ1) is 6.74. The third-order valence-corrected chi connectivity index (χ3v) is 2.59. The van der Waals surface area contributed by atoms with E-state index in [-0.39, 0.29) is 0 Å². The third-order valence-electron chi connectivity index (χ3n) is 1.84. The molecule has 1 aromatic rings. The molecule has 0 amide bonds. The smallest absolute Gasteiger partial charge is 0.208 e. The van der Waals surface area contributed by atoms with E-state index in [4.69, 9.17) is 5.73 Å². The molecule has 1 aromatic heterocycles. The average Bonchev–Trinajstić information content (AvgIpc) is 2.64. The number of hydrogen-bond donors (Lipinski definition) is 1. The fraction of sp³-hybridized carbons (Fsp3) is 0.778. The van der Waals surface area contributed by atoms with Crippen LogP contribution in [0.15, 0.2) is 5.51 Å². The second-order valence-electron chi connectivity index (χ2n) is 3.70. The monoisotopic (exact) mass is 214 g/mol. The van der Waals surface area contributed by atoms with Gasteiger partial charge >= 0.3 is 0 Å². The highest BCUT2D eigenvalue weighted by Crippen LogP contribution is 2.17. The van der Waals surface area contributed by atoms with Gasteiger partial charge in [0, 0.05) is 13.1 Å². The van der Waals surface area contributed by atoms with Gasteiger partial charge in [0.25, 0.3) is 0 Å². The summed E-state index contributed by atoms with van der Waals surface area (Å²) < 4.78 is 0. The first-order valence-corrected chi connectivity index (χ1v) is 5.83. The van der Waals surface area contributed by atoms with Crippen LogP contribution in [0.1, 0.15) is 20.3 Å². The Balaban J connectivity index is 2.53. The molecule has 0 aliphatic carbocycles. The highest BCUT2D eigenvalue weighted by molar-refractivity contribution is 7.13. The van der Waals surface area contributed by atoms with Crippen LogP contribution in [0.3, 0.4) is 0 Å². The van der Waals surface area contributed by atoms with Crippen LogP contribution in [-0.2, 0) is 0 Å². The maximum absolute atomic E-state index is 5.50. The first-order valence-electron chi connectivity index (χ1n) is 4.95. The van der Waals surface area contributed by atoms with E-state index in [0.29, 0.717) is 5.92 Å². The molecule has 0 aromatic carbocycles. The number of nitrogens with zero attached hydrogens (tertiary/aromatic N) is 3. The van der Waals surface area contributed by atoms with Crippen molar-refractivity contribution in [1.29, 1.82) is 0 Å². The summed E-state index contributed by atoms with van der Waals surface area (Å²) in [6.07, 6.45) is 1.01. The van der Waals surface area contributed by atoms with Crippen molar-refractivity contribution in [3.63, 3.8) is 0 Å². The molecule has 0 saturated heterocycles. The molecule has 80 valence electrons. The Morgan fingerprint density at radius 2 is 2.36 bits per heavy atom. The zero-order valence-corrected chi connectivity index (χ0v) is 9.63. The fourth-order valence-electron chi connectivity index (χ4n) is 1.29. The minimum Gasteiger partial charge on any atom is -0.346 e. The van der Waals surface area contributed by atoms with E-state index in [1.54, 1.807) is 16.8 Å². The normalized spacial score (nSPS) is 10.9. The molecule has 5 heteroatoms. The molecular weight excluding hydrogens is 196 g/mol. The molecule has 0 aliphatic rings. The van der Waals surface area contributed by atoms with E-state index >= 15 is 0 Å². The van der Waals surface area contributed by atoms with Crippen LogP contribution in [0.5, 0.6) is 0 Å². The van der Waals surface area contributed by atoms with Gasteiger partial charge < -0.3 is 10.6 Å². The van der Waals surface area contributed by atoms with Gasteiger partial charge in [0.1, 0.15) is 5.51 Å². The summed E-state index contributed by atoms with van der Waals surface area (Å²) in [6, 6.07) is 0. The first kappa shape index (κ1) is 11.4. The summed E-state index contributed by atoms with van der Waals surface area (Å²) >= 11 is 1.59. The average molecular weight is 214 g/mol. The molecule has 0 spiro atoms. The lowest BCUT2D eigenvalue weighted by molar-refractivity contribution is 0.598. The molecule has 0 unspecified atom stereocenters. The maximum atomic E-state index is 5.50. The van der Waals surface area contributed by atoms with Crippen molar-refractivity contribution in [2.75, 3.05) is 24.5 Å². The minimum absolute atomic E-state index is 0.636. The molecule has 0 aliphatic heterocycles. The van der Waals surface area contributed by atoms with Crippen molar-refractivity contribution in [1.82, 2.24) is 10.2 Å². The van der Waals surface area contributed by atoms with Gasteiger partial charge in [-0.25, -0.2) is 0 Å². The van der Waals surface area contributed by atoms with Gasteiger partial charge in [-0.2, -0.15) is 0 Å². The Kier molecular flexibility index (Phi) is 4.82. The van der Waals surface area contributed by atoms with E-state index < -0.39 is 0 Å². The highest BCUT2D eigenvalue weighted by Gasteiger charge is 2.10. The molecule has 0 atom stereocenters. The standard InChI is InChI=1S/C9H18N4S/c1-8(2)6-13(5-3-4-10)9-12-11-7-14-9/h7-8H,3-6,10H2,1-2H3. The van der Waals surface area contributed by atoms with Gasteiger partial charge in [-0.3, -0.25) is 0 Å². The Hall–Kier alpha value is -0.680. The molecule has 2 N–H and O–H groups in total. The topological polar surface area (TPSA) is 55.0 Å². The Labute approximate surface area is 89.1 Å². The van der Waals surface area contributed by atoms with E-state index in [9.17, 15) is 0 Å². The van der Waals surface area contributed by atoms with Gasteiger partial charge in [-0.1, -0.05) is 25.2 Å². The van der Waals surface area contributed by atoms with Gasteiger partial charge in [-0.15, -0.1) is 10.2 Å². The van der Waals surface area contributed by atoms with Crippen molar-refractivity contribution in [2.24, 2.45) is 11.7 Å². The van der Waals surface area contributed by atoms with Crippen LogP contribution in [-0.4, -0.2) is 29.8 Å². The predicted octanol–water partition coefficient (Wildman–Crippen LogP) is 1.35. The number of hydrogen-bond acceptors (Lipinski definition) is 5. The van der Waals surface area contributed by atoms with Crippen molar-refractivity contribution < 1.29 is 0 Å². The largest absolute Gasteiger partial charge is 0.346 e. The predicted molar refractivity (Wildman–Crippen MR) is 60.6 cm³/mol. The van der Waals surface area contributed by atoms with Crippen molar-refractivity contribution in [2.45, 2.75) is 20.3 Å². The summed E-state index contributed by atoms with van der Waals surface area (Å²) in [7, 11) is 0. The number of aromatic nitrogens is 2. The lowest BCUT2D eigenvalue weighted by atomic mass is 10.2. The van der Waals surface area contributed by atoms with Crippen LogP contribution in [0.4, 0.5) is 5.13 Å². The number of nitrogens with two attached hydrogens (primary N) is 1. The summed E-state index contributed by atoms with van der Waals surface area (Å²) in [4.78, 5) is 2.26. The van der Waals surface area contributed by atoms with E-state index in [0.717, 1.165) is 31.2 Å². The van der Waals surface area contributed by atoms with Gasteiger partial charge in [0.05, 0.1) is 0 Å². The minimum atomic E-state index is 0.636. The number of anilines is 1. The zero-order valence-electron chi connectivity index (χ0n) is 8.81. The Morgan fingerprint density at radius 1 is 1.57 bits per heavy atom. The second kappa shape index (κ2) is 5.93. The van der Waals surface area contributed by atoms with Gasteiger partial charge in [-0.05, 0) is 18.9 Å². The molecule has 14 heavy (non-hydrogen) atoms. The molecule has 0 saturated carbocycles. The van der Waals surface area contributed by atoms with E-state index in [1.807, 2.05) is 0 Å². The van der Waals surface area contributed by atoms with Crippen LogP contribution in [0, 0.1) is 5.92 Å². The Bertz CT molecular complexity index is 235. The third kappa shape index (κ3) is 3.59. The number of rotatable bonds is 6. The van der Waals surface area contributed by atoms with Crippen molar-refractivity contribution in [3.8, 4) is 0 Å². The van der Waals surface area contributed by atoms with E-state index in [2.05, 4.69) is 28.9 Å². The summed E-state index contributed by atoms with van der Waals surface area (Å²) in [5.74, 6) is 0.636. The van der Waals surface area contributed by atoms with Crippen LogP contribution < -0.4 is 10.6 Å². The summed E-state index contributed by atoms with van der Waals surface area (Å²) in [5, 5.41) is 8.94. The summed E-state index contributed by atoms with van der Waals surface area (Å²) in [6.45, 7) is 7.14.